The maximum Gasteiger partial charge on any atom is 0.0812 e. The number of fused-ring (bicyclic) bond motifs is 1. The molecule has 0 saturated carbocycles. The van der Waals surface area contributed by atoms with E-state index in [0.29, 0.717) is 5.25 Å². The molecule has 1 atom stereocenters. The Labute approximate surface area is 86.2 Å². The van der Waals surface area contributed by atoms with Gasteiger partial charge in [-0.1, -0.05) is 6.07 Å². The molecule has 0 saturated heterocycles. The average molecular weight is 209 g/mol. The van der Waals surface area contributed by atoms with Gasteiger partial charge < -0.3 is 0 Å². The predicted octanol–water partition coefficient (Wildman–Crippen LogP) is 3.72. The standard InChI is InChI=1S/C10H11NS2/c1-7(12-2)8-3-4-9-10(5-8)13-6-11-9/h3-7H,1-2H3. The van der Waals surface area contributed by atoms with E-state index in [9.17, 15) is 0 Å². The Balaban J connectivity index is 2.48. The van der Waals surface area contributed by atoms with Gasteiger partial charge in [0.15, 0.2) is 0 Å². The minimum atomic E-state index is 0.575. The van der Waals surface area contributed by atoms with Gasteiger partial charge in [0.05, 0.1) is 15.7 Å². The average Bonchev–Trinajstić information content (AvgIpc) is 2.63. The molecule has 0 fully saturated rings. The van der Waals surface area contributed by atoms with Crippen molar-refractivity contribution in [2.45, 2.75) is 12.2 Å². The van der Waals surface area contributed by atoms with Crippen molar-refractivity contribution in [1.29, 1.82) is 0 Å². The first-order valence-corrected chi connectivity index (χ1v) is 6.34. The number of benzene rings is 1. The molecule has 0 spiro atoms. The Morgan fingerprint density at radius 3 is 3.08 bits per heavy atom. The van der Waals surface area contributed by atoms with E-state index in [0.717, 1.165) is 5.52 Å². The lowest BCUT2D eigenvalue weighted by Crippen LogP contribution is -1.85. The van der Waals surface area contributed by atoms with Gasteiger partial charge in [-0.3, -0.25) is 0 Å². The van der Waals surface area contributed by atoms with Crippen molar-refractivity contribution in [3.8, 4) is 0 Å². The molecule has 2 aromatic rings. The van der Waals surface area contributed by atoms with E-state index in [1.54, 1.807) is 11.3 Å². The van der Waals surface area contributed by atoms with Crippen LogP contribution in [-0.4, -0.2) is 11.2 Å². The molecule has 0 amide bonds. The molecular formula is C10H11NS2. The fourth-order valence-corrected chi connectivity index (χ4v) is 2.40. The molecule has 0 radical (unpaired) electrons. The van der Waals surface area contributed by atoms with Crippen LogP contribution in [0.25, 0.3) is 10.2 Å². The third-order valence-electron chi connectivity index (χ3n) is 2.18. The van der Waals surface area contributed by atoms with Crippen molar-refractivity contribution in [3.05, 3.63) is 29.3 Å². The van der Waals surface area contributed by atoms with Crippen LogP contribution in [0.15, 0.2) is 23.7 Å². The minimum absolute atomic E-state index is 0.575. The van der Waals surface area contributed by atoms with Crippen molar-refractivity contribution in [2.24, 2.45) is 0 Å². The predicted molar refractivity (Wildman–Crippen MR) is 61.6 cm³/mol. The molecule has 0 aliphatic heterocycles. The zero-order valence-corrected chi connectivity index (χ0v) is 9.28. The molecule has 2 rings (SSSR count). The Hall–Kier alpha value is -0.540. The summed E-state index contributed by atoms with van der Waals surface area (Å²) in [6.07, 6.45) is 2.14. The number of nitrogens with zero attached hydrogens (tertiary/aromatic N) is 1. The van der Waals surface area contributed by atoms with Crippen molar-refractivity contribution in [2.75, 3.05) is 6.26 Å². The first kappa shape index (κ1) is 9.03. The topological polar surface area (TPSA) is 12.9 Å². The van der Waals surface area contributed by atoms with E-state index in [4.69, 9.17) is 0 Å². The van der Waals surface area contributed by atoms with Crippen molar-refractivity contribution < 1.29 is 0 Å². The lowest BCUT2D eigenvalue weighted by Gasteiger charge is -2.07. The van der Waals surface area contributed by atoms with E-state index >= 15 is 0 Å². The maximum absolute atomic E-state index is 4.26. The van der Waals surface area contributed by atoms with Gasteiger partial charge in [-0.25, -0.2) is 4.98 Å². The number of rotatable bonds is 2. The van der Waals surface area contributed by atoms with Crippen LogP contribution in [0.5, 0.6) is 0 Å². The quantitative estimate of drug-likeness (QED) is 0.747. The van der Waals surface area contributed by atoms with E-state index in [2.05, 4.69) is 36.4 Å². The second-order valence-electron chi connectivity index (χ2n) is 2.96. The highest BCUT2D eigenvalue weighted by molar-refractivity contribution is 7.98. The van der Waals surface area contributed by atoms with Crippen LogP contribution in [0.1, 0.15) is 17.7 Å². The zero-order valence-electron chi connectivity index (χ0n) is 7.65. The molecule has 13 heavy (non-hydrogen) atoms. The fraction of sp³-hybridized carbons (Fsp3) is 0.300. The van der Waals surface area contributed by atoms with Crippen molar-refractivity contribution in [1.82, 2.24) is 4.98 Å². The Morgan fingerprint density at radius 1 is 1.46 bits per heavy atom. The molecular weight excluding hydrogens is 198 g/mol. The Morgan fingerprint density at radius 2 is 2.31 bits per heavy atom. The maximum atomic E-state index is 4.26. The highest BCUT2D eigenvalue weighted by Gasteiger charge is 2.04. The van der Waals surface area contributed by atoms with Crippen molar-refractivity contribution in [3.63, 3.8) is 0 Å². The van der Waals surface area contributed by atoms with E-state index in [-0.39, 0.29) is 0 Å². The van der Waals surface area contributed by atoms with Crippen molar-refractivity contribution >= 4 is 33.3 Å². The van der Waals surface area contributed by atoms with Gasteiger partial charge in [0, 0.05) is 5.25 Å². The Bertz CT molecular complexity index is 408. The molecule has 1 heterocycles. The van der Waals surface area contributed by atoms with Gasteiger partial charge >= 0.3 is 0 Å². The normalized spacial score (nSPS) is 13.4. The molecule has 68 valence electrons. The van der Waals surface area contributed by atoms with Crippen LogP contribution in [0.3, 0.4) is 0 Å². The zero-order chi connectivity index (χ0) is 9.26. The summed E-state index contributed by atoms with van der Waals surface area (Å²) in [6, 6.07) is 6.52. The number of thioether (sulfide) groups is 1. The van der Waals surface area contributed by atoms with Crippen LogP contribution in [0.4, 0.5) is 0 Å². The first-order valence-electron chi connectivity index (χ1n) is 4.17. The molecule has 1 aromatic heterocycles. The van der Waals surface area contributed by atoms with Gasteiger partial charge in [0.25, 0.3) is 0 Å². The van der Waals surface area contributed by atoms with Gasteiger partial charge in [-0.2, -0.15) is 11.8 Å². The van der Waals surface area contributed by atoms with E-state index in [1.165, 1.54) is 10.3 Å². The second kappa shape index (κ2) is 3.68. The number of thiazole rings is 1. The number of aromatic nitrogens is 1. The summed E-state index contributed by atoms with van der Waals surface area (Å²) < 4.78 is 1.29. The summed E-state index contributed by atoms with van der Waals surface area (Å²) in [7, 11) is 0. The number of hydrogen-bond acceptors (Lipinski definition) is 3. The lowest BCUT2D eigenvalue weighted by atomic mass is 10.1. The summed E-state index contributed by atoms with van der Waals surface area (Å²) >= 11 is 3.58. The molecule has 3 heteroatoms. The fourth-order valence-electron chi connectivity index (χ4n) is 1.26. The van der Waals surface area contributed by atoms with Crippen LogP contribution in [0.2, 0.25) is 0 Å². The minimum Gasteiger partial charge on any atom is -0.245 e. The van der Waals surface area contributed by atoms with Gasteiger partial charge in [-0.05, 0) is 30.9 Å². The molecule has 1 aromatic carbocycles. The van der Waals surface area contributed by atoms with Gasteiger partial charge in [0.1, 0.15) is 0 Å². The highest BCUT2D eigenvalue weighted by atomic mass is 32.2. The van der Waals surface area contributed by atoms with Gasteiger partial charge in [-0.15, -0.1) is 11.3 Å². The Kier molecular flexibility index (Phi) is 2.56. The van der Waals surface area contributed by atoms with Crippen LogP contribution in [-0.2, 0) is 0 Å². The molecule has 0 aliphatic rings. The van der Waals surface area contributed by atoms with E-state index < -0.39 is 0 Å². The van der Waals surface area contributed by atoms with Crippen LogP contribution < -0.4 is 0 Å². The third kappa shape index (κ3) is 1.71. The monoisotopic (exact) mass is 209 g/mol. The molecule has 0 N–H and O–H groups in total. The molecule has 0 bridgehead atoms. The van der Waals surface area contributed by atoms with Crippen LogP contribution in [0, 0.1) is 0 Å². The van der Waals surface area contributed by atoms with Gasteiger partial charge in [0.2, 0.25) is 0 Å². The molecule has 0 aliphatic carbocycles. The summed E-state index contributed by atoms with van der Waals surface area (Å²) in [5.74, 6) is 0. The summed E-state index contributed by atoms with van der Waals surface area (Å²) in [6.45, 7) is 2.23. The lowest BCUT2D eigenvalue weighted by molar-refractivity contribution is 1.11. The summed E-state index contributed by atoms with van der Waals surface area (Å²) in [4.78, 5) is 4.26. The van der Waals surface area contributed by atoms with E-state index in [1.807, 2.05) is 17.3 Å². The summed E-state index contributed by atoms with van der Waals surface area (Å²) in [5.41, 5.74) is 4.41. The highest BCUT2D eigenvalue weighted by Crippen LogP contribution is 2.29. The SMILES string of the molecule is CSC(C)c1ccc2ncsc2c1. The molecule has 1 unspecified atom stereocenters. The third-order valence-corrected chi connectivity index (χ3v) is 3.95. The largest absolute Gasteiger partial charge is 0.245 e. The smallest absolute Gasteiger partial charge is 0.0812 e. The summed E-state index contributed by atoms with van der Waals surface area (Å²) in [5, 5.41) is 0.575. The first-order chi connectivity index (χ1) is 6.31. The van der Waals surface area contributed by atoms with Crippen LogP contribution >= 0.6 is 23.1 Å². The number of hydrogen-bond donors (Lipinski definition) is 0. The second-order valence-corrected chi connectivity index (χ2v) is 5.02. The molecule has 1 nitrogen and oxygen atoms in total.